The van der Waals surface area contributed by atoms with Crippen LogP contribution in [-0.4, -0.2) is 26.0 Å². The molecule has 2 aliphatic heterocycles. The summed E-state index contributed by atoms with van der Waals surface area (Å²) in [7, 11) is 0. The quantitative estimate of drug-likeness (QED) is 0.840. The summed E-state index contributed by atoms with van der Waals surface area (Å²) >= 11 is 0. The summed E-state index contributed by atoms with van der Waals surface area (Å²) in [6.45, 7) is 2.14. The van der Waals surface area contributed by atoms with E-state index in [-0.39, 0.29) is 0 Å². The molecule has 1 aromatic carbocycles. The molecular formula is C12H15NO3. The minimum atomic E-state index is 0.308. The van der Waals surface area contributed by atoms with Crippen molar-refractivity contribution in [3.8, 4) is 17.2 Å². The fourth-order valence-electron chi connectivity index (χ4n) is 2.06. The van der Waals surface area contributed by atoms with Crippen molar-refractivity contribution in [2.45, 2.75) is 18.9 Å². The number of rotatable bonds is 3. The molecule has 0 bridgehead atoms. The van der Waals surface area contributed by atoms with Crippen molar-refractivity contribution in [2.24, 2.45) is 0 Å². The number of nitrogens with one attached hydrogen (secondary N) is 1. The van der Waals surface area contributed by atoms with Gasteiger partial charge in [0.05, 0.1) is 0 Å². The second-order valence-corrected chi connectivity index (χ2v) is 4.12. The van der Waals surface area contributed by atoms with Crippen LogP contribution in [0.5, 0.6) is 17.2 Å². The zero-order valence-corrected chi connectivity index (χ0v) is 9.07. The zero-order chi connectivity index (χ0) is 10.8. The van der Waals surface area contributed by atoms with E-state index in [9.17, 15) is 0 Å². The van der Waals surface area contributed by atoms with Crippen molar-refractivity contribution in [1.29, 1.82) is 0 Å². The highest BCUT2D eigenvalue weighted by molar-refractivity contribution is 5.46. The second kappa shape index (κ2) is 4.22. The van der Waals surface area contributed by atoms with E-state index in [1.165, 1.54) is 12.8 Å². The standard InChI is InChI=1S/C12H15NO3/c1-2-9(13-5-1)7-14-10-3-4-11-12(6-10)16-8-15-11/h3-4,6,9,13H,1-2,5,7-8H2/t9-/m0/s1. The Hall–Kier alpha value is -1.42. The second-order valence-electron chi connectivity index (χ2n) is 4.12. The monoisotopic (exact) mass is 221 g/mol. The zero-order valence-electron chi connectivity index (χ0n) is 9.07. The van der Waals surface area contributed by atoms with Crippen LogP contribution in [0.3, 0.4) is 0 Å². The van der Waals surface area contributed by atoms with Gasteiger partial charge in [-0.2, -0.15) is 0 Å². The molecule has 1 aromatic rings. The molecule has 4 heteroatoms. The molecule has 1 atom stereocenters. The predicted molar refractivity (Wildman–Crippen MR) is 59.1 cm³/mol. The molecule has 0 saturated carbocycles. The number of hydrogen-bond acceptors (Lipinski definition) is 4. The number of benzene rings is 1. The lowest BCUT2D eigenvalue weighted by Crippen LogP contribution is -2.28. The first-order valence-electron chi connectivity index (χ1n) is 5.68. The van der Waals surface area contributed by atoms with Crippen LogP contribution >= 0.6 is 0 Å². The predicted octanol–water partition coefficient (Wildman–Crippen LogP) is 1.55. The van der Waals surface area contributed by atoms with Gasteiger partial charge < -0.3 is 19.5 Å². The molecule has 1 N–H and O–H groups in total. The van der Waals surface area contributed by atoms with Gasteiger partial charge >= 0.3 is 0 Å². The molecule has 86 valence electrons. The SMILES string of the molecule is c1cc2c(cc1OC[C@@H]1CCCN1)OCO2. The lowest BCUT2D eigenvalue weighted by Gasteiger charge is -2.12. The fourth-order valence-corrected chi connectivity index (χ4v) is 2.06. The molecule has 0 unspecified atom stereocenters. The molecule has 16 heavy (non-hydrogen) atoms. The average Bonchev–Trinajstić information content (AvgIpc) is 2.97. The Balaban J connectivity index is 1.61. The maximum absolute atomic E-state index is 5.72. The Kier molecular flexibility index (Phi) is 2.58. The van der Waals surface area contributed by atoms with Gasteiger partial charge in [0, 0.05) is 12.1 Å². The Morgan fingerprint density at radius 3 is 3.12 bits per heavy atom. The van der Waals surface area contributed by atoms with E-state index >= 15 is 0 Å². The van der Waals surface area contributed by atoms with Crippen molar-refractivity contribution in [2.75, 3.05) is 19.9 Å². The lowest BCUT2D eigenvalue weighted by atomic mass is 10.2. The molecule has 0 aliphatic carbocycles. The van der Waals surface area contributed by atoms with Crippen molar-refractivity contribution in [3.05, 3.63) is 18.2 Å². The van der Waals surface area contributed by atoms with Crippen LogP contribution in [-0.2, 0) is 0 Å². The summed E-state index contributed by atoms with van der Waals surface area (Å²) in [4.78, 5) is 0. The van der Waals surface area contributed by atoms with E-state index in [1.807, 2.05) is 18.2 Å². The van der Waals surface area contributed by atoms with Gasteiger partial charge in [-0.3, -0.25) is 0 Å². The van der Waals surface area contributed by atoms with Crippen LogP contribution in [0.2, 0.25) is 0 Å². The molecule has 2 aliphatic rings. The van der Waals surface area contributed by atoms with Crippen LogP contribution < -0.4 is 19.5 Å². The largest absolute Gasteiger partial charge is 0.492 e. The average molecular weight is 221 g/mol. The van der Waals surface area contributed by atoms with Crippen molar-refractivity contribution in [1.82, 2.24) is 5.32 Å². The lowest BCUT2D eigenvalue weighted by molar-refractivity contribution is 0.173. The molecule has 3 rings (SSSR count). The summed E-state index contributed by atoms with van der Waals surface area (Å²) < 4.78 is 16.3. The third-order valence-corrected chi connectivity index (χ3v) is 2.96. The summed E-state index contributed by atoms with van der Waals surface area (Å²) in [5.41, 5.74) is 0. The van der Waals surface area contributed by atoms with Gasteiger partial charge in [-0.15, -0.1) is 0 Å². The molecule has 1 fully saturated rings. The summed E-state index contributed by atoms with van der Waals surface area (Å²) in [6, 6.07) is 6.19. The van der Waals surface area contributed by atoms with E-state index in [2.05, 4.69) is 5.32 Å². The van der Waals surface area contributed by atoms with Crippen molar-refractivity contribution < 1.29 is 14.2 Å². The van der Waals surface area contributed by atoms with E-state index in [1.54, 1.807) is 0 Å². The van der Waals surface area contributed by atoms with Gasteiger partial charge in [-0.1, -0.05) is 0 Å². The Morgan fingerprint density at radius 1 is 1.31 bits per heavy atom. The molecule has 0 amide bonds. The van der Waals surface area contributed by atoms with E-state index in [0.717, 1.165) is 30.4 Å². The number of ether oxygens (including phenoxy) is 3. The number of hydrogen-bond donors (Lipinski definition) is 1. The Bertz CT molecular complexity index is 375. The molecule has 0 spiro atoms. The Labute approximate surface area is 94.5 Å². The summed E-state index contributed by atoms with van der Waals surface area (Å²) in [5.74, 6) is 2.42. The van der Waals surface area contributed by atoms with Crippen LogP contribution in [0, 0.1) is 0 Å². The smallest absolute Gasteiger partial charge is 0.231 e. The van der Waals surface area contributed by atoms with Gasteiger partial charge in [-0.25, -0.2) is 0 Å². The normalized spacial score (nSPS) is 22.4. The van der Waals surface area contributed by atoms with Gasteiger partial charge in [0.2, 0.25) is 6.79 Å². The highest BCUT2D eigenvalue weighted by atomic mass is 16.7. The molecule has 0 aromatic heterocycles. The highest BCUT2D eigenvalue weighted by Crippen LogP contribution is 2.35. The first-order valence-corrected chi connectivity index (χ1v) is 5.68. The van der Waals surface area contributed by atoms with Crippen LogP contribution in [0.25, 0.3) is 0 Å². The Morgan fingerprint density at radius 2 is 2.25 bits per heavy atom. The minimum absolute atomic E-state index is 0.308. The van der Waals surface area contributed by atoms with E-state index in [4.69, 9.17) is 14.2 Å². The van der Waals surface area contributed by atoms with Gasteiger partial charge in [-0.05, 0) is 31.5 Å². The van der Waals surface area contributed by atoms with Gasteiger partial charge in [0.15, 0.2) is 11.5 Å². The first-order chi connectivity index (χ1) is 7.92. The summed E-state index contributed by atoms with van der Waals surface area (Å²) in [6.07, 6.45) is 2.44. The number of fused-ring (bicyclic) bond motifs is 1. The van der Waals surface area contributed by atoms with E-state index in [0.29, 0.717) is 12.8 Å². The first kappa shape index (κ1) is 9.78. The van der Waals surface area contributed by atoms with Crippen LogP contribution in [0.4, 0.5) is 0 Å². The maximum atomic E-state index is 5.72. The summed E-state index contributed by atoms with van der Waals surface area (Å²) in [5, 5.41) is 3.40. The van der Waals surface area contributed by atoms with Crippen molar-refractivity contribution >= 4 is 0 Å². The van der Waals surface area contributed by atoms with Crippen LogP contribution in [0.1, 0.15) is 12.8 Å². The minimum Gasteiger partial charge on any atom is -0.492 e. The third-order valence-electron chi connectivity index (χ3n) is 2.96. The fraction of sp³-hybridized carbons (Fsp3) is 0.500. The molecule has 2 heterocycles. The maximum Gasteiger partial charge on any atom is 0.231 e. The van der Waals surface area contributed by atoms with Crippen molar-refractivity contribution in [3.63, 3.8) is 0 Å². The molecule has 4 nitrogen and oxygen atoms in total. The highest BCUT2D eigenvalue weighted by Gasteiger charge is 2.16. The van der Waals surface area contributed by atoms with E-state index < -0.39 is 0 Å². The molecule has 0 radical (unpaired) electrons. The van der Waals surface area contributed by atoms with Gasteiger partial charge in [0.1, 0.15) is 12.4 Å². The topological polar surface area (TPSA) is 39.7 Å². The third kappa shape index (κ3) is 1.93. The molecular weight excluding hydrogens is 206 g/mol. The molecule has 1 saturated heterocycles. The van der Waals surface area contributed by atoms with Gasteiger partial charge in [0.25, 0.3) is 0 Å². The van der Waals surface area contributed by atoms with Crippen LogP contribution in [0.15, 0.2) is 18.2 Å².